The molecule has 2 atom stereocenters. The van der Waals surface area contributed by atoms with Crippen LogP contribution in [0.2, 0.25) is 0 Å². The number of nitrogens with zero attached hydrogens (tertiary/aromatic N) is 1. The van der Waals surface area contributed by atoms with Crippen LogP contribution < -0.4 is 11.1 Å². The summed E-state index contributed by atoms with van der Waals surface area (Å²) >= 11 is 0. The van der Waals surface area contributed by atoms with Crippen molar-refractivity contribution in [3.8, 4) is 0 Å². The van der Waals surface area contributed by atoms with Crippen LogP contribution in [-0.4, -0.2) is 30.3 Å². The van der Waals surface area contributed by atoms with Crippen molar-refractivity contribution in [1.29, 1.82) is 0 Å². The molecule has 4 nitrogen and oxygen atoms in total. The van der Waals surface area contributed by atoms with Crippen LogP contribution in [0.25, 0.3) is 0 Å². The first-order valence-corrected chi connectivity index (χ1v) is 6.47. The topological polar surface area (TPSA) is 70.6 Å². The highest BCUT2D eigenvalue weighted by Gasteiger charge is 2.24. The summed E-state index contributed by atoms with van der Waals surface area (Å²) in [5.41, 5.74) is 5.78. The summed E-state index contributed by atoms with van der Waals surface area (Å²) in [6.45, 7) is 1.63. The van der Waals surface area contributed by atoms with Gasteiger partial charge in [0.2, 0.25) is 0 Å². The Labute approximate surface area is 120 Å². The molecule has 0 aromatic rings. The first-order chi connectivity index (χ1) is 7.75. The van der Waals surface area contributed by atoms with Gasteiger partial charge < -0.3 is 16.2 Å². The molecule has 4 N–H and O–H groups in total. The minimum atomic E-state index is -0.146. The van der Waals surface area contributed by atoms with Crippen molar-refractivity contribution in [3.63, 3.8) is 0 Å². The zero-order valence-corrected chi connectivity index (χ0v) is 12.6. The average Bonchev–Trinajstić information content (AvgIpc) is 2.59. The molecule has 0 spiro atoms. The Hall–Kier alpha value is -0.0400. The second kappa shape index (κ2) is 7.41. The molecular weight excluding hydrogens is 329 g/mol. The van der Waals surface area contributed by atoms with E-state index >= 15 is 0 Å². The number of hydrogen-bond acceptors (Lipinski definition) is 2. The Balaban J connectivity index is 0.00000144. The van der Waals surface area contributed by atoms with Gasteiger partial charge in [0.15, 0.2) is 5.96 Å². The zero-order valence-electron chi connectivity index (χ0n) is 10.3. The number of aliphatic hydroxyl groups excluding tert-OH is 1. The van der Waals surface area contributed by atoms with Gasteiger partial charge in [-0.2, -0.15) is 0 Å². The van der Waals surface area contributed by atoms with Crippen LogP contribution in [0, 0.1) is 11.8 Å². The van der Waals surface area contributed by atoms with E-state index in [1.54, 1.807) is 0 Å². The lowest BCUT2D eigenvalue weighted by Crippen LogP contribution is -2.38. The minimum absolute atomic E-state index is 0. The first-order valence-electron chi connectivity index (χ1n) is 6.47. The molecule has 2 rings (SSSR count). The van der Waals surface area contributed by atoms with Gasteiger partial charge in [-0.1, -0.05) is 12.8 Å². The van der Waals surface area contributed by atoms with Crippen LogP contribution in [0.5, 0.6) is 0 Å². The molecule has 5 heteroatoms. The monoisotopic (exact) mass is 353 g/mol. The van der Waals surface area contributed by atoms with Gasteiger partial charge in [-0.15, -0.1) is 24.0 Å². The van der Waals surface area contributed by atoms with Crippen LogP contribution >= 0.6 is 24.0 Å². The number of rotatable bonds is 4. The van der Waals surface area contributed by atoms with E-state index in [9.17, 15) is 5.11 Å². The van der Waals surface area contributed by atoms with E-state index < -0.39 is 0 Å². The fraction of sp³-hybridized carbons (Fsp3) is 0.917. The minimum Gasteiger partial charge on any atom is -0.393 e. The van der Waals surface area contributed by atoms with Crippen LogP contribution in [-0.2, 0) is 0 Å². The molecule has 0 amide bonds. The van der Waals surface area contributed by atoms with Crippen molar-refractivity contribution in [2.24, 2.45) is 22.6 Å². The smallest absolute Gasteiger partial charge is 0.188 e. The van der Waals surface area contributed by atoms with E-state index in [0.717, 1.165) is 38.3 Å². The number of nitrogens with one attached hydrogen (secondary N) is 1. The van der Waals surface area contributed by atoms with Gasteiger partial charge in [0.1, 0.15) is 0 Å². The highest BCUT2D eigenvalue weighted by Crippen LogP contribution is 2.26. The molecule has 0 saturated heterocycles. The Kier molecular flexibility index (Phi) is 6.54. The summed E-state index contributed by atoms with van der Waals surface area (Å²) in [4.78, 5) is 4.33. The fourth-order valence-electron chi connectivity index (χ4n) is 2.45. The molecule has 0 radical (unpaired) electrons. The summed E-state index contributed by atoms with van der Waals surface area (Å²) in [6, 6.07) is 0. The quantitative estimate of drug-likeness (QED) is 0.407. The predicted octanol–water partition coefficient (Wildman–Crippen LogP) is 1.47. The van der Waals surface area contributed by atoms with Crippen molar-refractivity contribution in [2.75, 3.05) is 13.1 Å². The van der Waals surface area contributed by atoms with Crippen LogP contribution in [0.3, 0.4) is 0 Å². The highest BCUT2D eigenvalue weighted by molar-refractivity contribution is 14.0. The molecule has 2 unspecified atom stereocenters. The average molecular weight is 353 g/mol. The molecule has 100 valence electrons. The van der Waals surface area contributed by atoms with E-state index in [1.165, 1.54) is 19.3 Å². The van der Waals surface area contributed by atoms with Crippen molar-refractivity contribution < 1.29 is 5.11 Å². The Morgan fingerprint density at radius 3 is 2.47 bits per heavy atom. The first kappa shape index (κ1) is 15.0. The van der Waals surface area contributed by atoms with E-state index in [4.69, 9.17) is 5.73 Å². The highest BCUT2D eigenvalue weighted by atomic mass is 127. The van der Waals surface area contributed by atoms with Crippen molar-refractivity contribution in [3.05, 3.63) is 0 Å². The van der Waals surface area contributed by atoms with Crippen LogP contribution in [0.15, 0.2) is 4.99 Å². The maximum atomic E-state index is 9.65. The molecule has 2 aliphatic carbocycles. The maximum Gasteiger partial charge on any atom is 0.188 e. The summed E-state index contributed by atoms with van der Waals surface area (Å²) < 4.78 is 0. The fourth-order valence-corrected chi connectivity index (χ4v) is 2.45. The third-order valence-corrected chi connectivity index (χ3v) is 3.91. The Bertz CT molecular complexity index is 256. The normalized spacial score (nSPS) is 29.6. The standard InChI is InChI=1S/C12H23N3O.HI/c13-12(14-7-9-3-1-4-9)15-8-10-5-2-6-11(10)16;/h9-11,16H,1-8H2,(H3,13,14,15);1H. The van der Waals surface area contributed by atoms with Gasteiger partial charge in [-0.25, -0.2) is 0 Å². The third-order valence-electron chi connectivity index (χ3n) is 3.91. The zero-order chi connectivity index (χ0) is 11.4. The molecule has 0 bridgehead atoms. The molecule has 2 fully saturated rings. The van der Waals surface area contributed by atoms with E-state index in [-0.39, 0.29) is 30.1 Å². The Morgan fingerprint density at radius 1 is 1.24 bits per heavy atom. The molecule has 0 aliphatic heterocycles. The van der Waals surface area contributed by atoms with Gasteiger partial charge in [-0.05, 0) is 31.6 Å². The molecule has 0 aromatic carbocycles. The number of aliphatic hydroxyl groups is 1. The third kappa shape index (κ3) is 4.62. The molecule has 2 saturated carbocycles. The molecule has 2 aliphatic rings. The van der Waals surface area contributed by atoms with Crippen molar-refractivity contribution >= 4 is 29.9 Å². The summed E-state index contributed by atoms with van der Waals surface area (Å²) in [5.74, 6) is 1.67. The van der Waals surface area contributed by atoms with Crippen LogP contribution in [0.4, 0.5) is 0 Å². The number of guanidine groups is 1. The van der Waals surface area contributed by atoms with E-state index in [1.807, 2.05) is 0 Å². The van der Waals surface area contributed by atoms with Crippen molar-refractivity contribution in [2.45, 2.75) is 44.6 Å². The van der Waals surface area contributed by atoms with E-state index in [0.29, 0.717) is 11.9 Å². The van der Waals surface area contributed by atoms with Gasteiger partial charge in [0.05, 0.1) is 6.10 Å². The lowest BCUT2D eigenvalue weighted by molar-refractivity contribution is 0.134. The van der Waals surface area contributed by atoms with Gasteiger partial charge in [0.25, 0.3) is 0 Å². The number of aliphatic imine (C=N–C) groups is 1. The number of hydrogen-bond donors (Lipinski definition) is 3. The summed E-state index contributed by atoms with van der Waals surface area (Å²) in [7, 11) is 0. The van der Waals surface area contributed by atoms with Crippen LogP contribution in [0.1, 0.15) is 38.5 Å². The molecule has 0 aromatic heterocycles. The number of nitrogens with two attached hydrogens (primary N) is 1. The lowest BCUT2D eigenvalue weighted by atomic mass is 9.86. The SMILES string of the molecule is I.NC(=NCC1CCC1)NCC1CCCC1O. The molecule has 17 heavy (non-hydrogen) atoms. The number of halogens is 1. The van der Waals surface area contributed by atoms with E-state index in [2.05, 4.69) is 10.3 Å². The van der Waals surface area contributed by atoms with Gasteiger partial charge in [0, 0.05) is 19.0 Å². The predicted molar refractivity (Wildman–Crippen MR) is 80.6 cm³/mol. The maximum absolute atomic E-state index is 9.65. The summed E-state index contributed by atoms with van der Waals surface area (Å²) in [5, 5.41) is 12.8. The van der Waals surface area contributed by atoms with Crippen molar-refractivity contribution in [1.82, 2.24) is 5.32 Å². The second-order valence-corrected chi connectivity index (χ2v) is 5.16. The van der Waals surface area contributed by atoms with Gasteiger partial charge in [-0.3, -0.25) is 4.99 Å². The largest absolute Gasteiger partial charge is 0.393 e. The molecule has 0 heterocycles. The van der Waals surface area contributed by atoms with Gasteiger partial charge >= 0.3 is 0 Å². The second-order valence-electron chi connectivity index (χ2n) is 5.16. The molecular formula is C12H24IN3O. The lowest BCUT2D eigenvalue weighted by Gasteiger charge is -2.23. The Morgan fingerprint density at radius 2 is 1.94 bits per heavy atom. The summed E-state index contributed by atoms with van der Waals surface area (Å²) in [6.07, 6.45) is 6.98.